The van der Waals surface area contributed by atoms with E-state index in [0.29, 0.717) is 25.7 Å². The summed E-state index contributed by atoms with van der Waals surface area (Å²) >= 11 is 0. The fourth-order valence-electron chi connectivity index (χ4n) is 7.75. The van der Waals surface area contributed by atoms with E-state index in [-0.39, 0.29) is 29.7 Å². The van der Waals surface area contributed by atoms with E-state index in [2.05, 4.69) is 34.9 Å². The van der Waals surface area contributed by atoms with Crippen molar-refractivity contribution in [3.05, 3.63) is 35.9 Å². The number of hydrogen-bond donors (Lipinski definition) is 2. The van der Waals surface area contributed by atoms with Gasteiger partial charge < -0.3 is 15.4 Å². The summed E-state index contributed by atoms with van der Waals surface area (Å²) in [6, 6.07) is 9.51. The highest BCUT2D eigenvalue weighted by molar-refractivity contribution is 5.84. The maximum atomic E-state index is 14.6. The quantitative estimate of drug-likeness (QED) is 0.680. The number of alkyl halides is 2. The summed E-state index contributed by atoms with van der Waals surface area (Å²) in [5.41, 5.74) is 0.574. The van der Waals surface area contributed by atoms with Crippen LogP contribution in [0.15, 0.2) is 30.3 Å². The summed E-state index contributed by atoms with van der Waals surface area (Å²) in [5.74, 6) is -2.51. The Morgan fingerprint density at radius 3 is 2.66 bits per heavy atom. The molecule has 3 unspecified atom stereocenters. The molecule has 4 aliphatic rings. The van der Waals surface area contributed by atoms with Gasteiger partial charge in [-0.1, -0.05) is 30.3 Å². The summed E-state index contributed by atoms with van der Waals surface area (Å²) in [5, 5.41) is 5.62. The number of ether oxygens (including phenoxy) is 1. The molecule has 0 aromatic heterocycles. The second-order valence-electron chi connectivity index (χ2n) is 11.0. The largest absolute Gasteiger partial charge is 0.381 e. The van der Waals surface area contributed by atoms with E-state index in [1.165, 1.54) is 5.56 Å². The predicted molar refractivity (Wildman–Crippen MR) is 120 cm³/mol. The first-order valence-electron chi connectivity index (χ1n) is 12.4. The number of rotatable bonds is 6. The van der Waals surface area contributed by atoms with E-state index in [0.717, 1.165) is 44.9 Å². The Balaban J connectivity index is 1.51. The van der Waals surface area contributed by atoms with E-state index in [1.54, 1.807) is 0 Å². The number of halogens is 2. The van der Waals surface area contributed by atoms with Crippen LogP contribution < -0.4 is 10.6 Å². The Morgan fingerprint density at radius 2 is 1.91 bits per heavy atom. The van der Waals surface area contributed by atoms with Crippen molar-refractivity contribution < 1.29 is 18.3 Å². The second kappa shape index (κ2) is 8.05. The Bertz CT molecular complexity index is 849. The van der Waals surface area contributed by atoms with Gasteiger partial charge >= 0.3 is 0 Å². The van der Waals surface area contributed by atoms with Crippen molar-refractivity contribution in [1.82, 2.24) is 10.6 Å². The number of nitrogens with one attached hydrogen (secondary N) is 2. The molecule has 4 nitrogen and oxygen atoms in total. The molecule has 0 radical (unpaired) electrons. The van der Waals surface area contributed by atoms with Crippen LogP contribution in [0.5, 0.6) is 0 Å². The Labute approximate surface area is 189 Å². The third-order valence-corrected chi connectivity index (χ3v) is 9.11. The first-order chi connectivity index (χ1) is 15.3. The van der Waals surface area contributed by atoms with Crippen LogP contribution >= 0.6 is 0 Å². The maximum Gasteiger partial charge on any atom is 0.280 e. The van der Waals surface area contributed by atoms with Crippen LogP contribution in [-0.4, -0.2) is 44.2 Å². The van der Waals surface area contributed by atoms with Gasteiger partial charge in [0.1, 0.15) is 0 Å². The van der Waals surface area contributed by atoms with Crippen LogP contribution in [-0.2, 0) is 14.9 Å². The van der Waals surface area contributed by atoms with Gasteiger partial charge in [0.15, 0.2) is 0 Å². The van der Waals surface area contributed by atoms with Gasteiger partial charge in [-0.25, -0.2) is 8.78 Å². The number of piperidine rings is 1. The fourth-order valence-corrected chi connectivity index (χ4v) is 7.75. The summed E-state index contributed by atoms with van der Waals surface area (Å²) in [7, 11) is 0. The molecule has 5 atom stereocenters. The molecule has 3 saturated carbocycles. The molecule has 5 rings (SSSR count). The lowest BCUT2D eigenvalue weighted by Crippen LogP contribution is -2.65. The van der Waals surface area contributed by atoms with Crippen LogP contribution in [0.1, 0.15) is 63.9 Å². The molecule has 1 amide bonds. The molecule has 32 heavy (non-hydrogen) atoms. The number of fused-ring (bicyclic) bond motifs is 2. The molecule has 4 fully saturated rings. The first-order valence-corrected chi connectivity index (χ1v) is 12.4. The molecule has 3 aliphatic carbocycles. The molecule has 1 aliphatic heterocycles. The number of carbonyl (C=O) groups is 1. The van der Waals surface area contributed by atoms with E-state index in [4.69, 9.17) is 4.74 Å². The van der Waals surface area contributed by atoms with Crippen LogP contribution in [0.3, 0.4) is 0 Å². The van der Waals surface area contributed by atoms with Crippen molar-refractivity contribution >= 4 is 5.91 Å². The predicted octanol–water partition coefficient (Wildman–Crippen LogP) is 4.43. The summed E-state index contributed by atoms with van der Waals surface area (Å²) < 4.78 is 35.1. The van der Waals surface area contributed by atoms with Gasteiger partial charge in [0, 0.05) is 6.61 Å². The average Bonchev–Trinajstić information content (AvgIpc) is 2.78. The Hall–Kier alpha value is -1.53. The average molecular weight is 447 g/mol. The topological polar surface area (TPSA) is 50.4 Å². The van der Waals surface area contributed by atoms with Gasteiger partial charge in [0.05, 0.1) is 24.6 Å². The van der Waals surface area contributed by atoms with Crippen LogP contribution in [0.2, 0.25) is 0 Å². The normalized spacial score (nSPS) is 40.1. The molecule has 1 heterocycles. The summed E-state index contributed by atoms with van der Waals surface area (Å²) in [6.07, 6.45) is 6.84. The molecule has 1 aromatic carbocycles. The molecule has 2 N–H and O–H groups in total. The van der Waals surface area contributed by atoms with Crippen LogP contribution in [0.25, 0.3) is 0 Å². The molecular formula is C26H36F2N2O2. The van der Waals surface area contributed by atoms with Gasteiger partial charge in [-0.2, -0.15) is 0 Å². The van der Waals surface area contributed by atoms with Crippen molar-refractivity contribution in [3.8, 4) is 0 Å². The molecule has 1 aromatic rings. The minimum absolute atomic E-state index is 0.0470. The van der Waals surface area contributed by atoms with Gasteiger partial charge in [0.2, 0.25) is 5.91 Å². The van der Waals surface area contributed by atoms with E-state index in [1.807, 2.05) is 13.0 Å². The van der Waals surface area contributed by atoms with Crippen molar-refractivity contribution in [1.29, 1.82) is 0 Å². The number of benzene rings is 1. The molecule has 3 bridgehead atoms. The second-order valence-corrected chi connectivity index (χ2v) is 11.0. The third-order valence-electron chi connectivity index (χ3n) is 9.11. The molecule has 6 heteroatoms. The summed E-state index contributed by atoms with van der Waals surface area (Å²) in [4.78, 5) is 13.8. The number of carbonyl (C=O) groups excluding carboxylic acids is 1. The van der Waals surface area contributed by atoms with Crippen molar-refractivity contribution in [3.63, 3.8) is 0 Å². The van der Waals surface area contributed by atoms with Gasteiger partial charge in [-0.15, -0.1) is 0 Å². The zero-order valence-electron chi connectivity index (χ0n) is 19.1. The lowest BCUT2D eigenvalue weighted by Gasteiger charge is -2.65. The minimum atomic E-state index is -2.91. The van der Waals surface area contributed by atoms with Crippen LogP contribution in [0.4, 0.5) is 8.78 Å². The first kappa shape index (κ1) is 22.3. The minimum Gasteiger partial charge on any atom is -0.381 e. The fraction of sp³-hybridized carbons (Fsp3) is 0.731. The summed E-state index contributed by atoms with van der Waals surface area (Å²) in [6.45, 7) is 3.49. The maximum absolute atomic E-state index is 14.6. The van der Waals surface area contributed by atoms with Crippen molar-refractivity contribution in [2.24, 2.45) is 16.7 Å². The highest BCUT2D eigenvalue weighted by Gasteiger charge is 2.65. The van der Waals surface area contributed by atoms with Gasteiger partial charge in [-0.05, 0) is 87.1 Å². The highest BCUT2D eigenvalue weighted by Crippen LogP contribution is 2.69. The zero-order chi connectivity index (χ0) is 22.5. The zero-order valence-corrected chi connectivity index (χ0v) is 19.1. The monoisotopic (exact) mass is 446 g/mol. The van der Waals surface area contributed by atoms with E-state index < -0.39 is 17.4 Å². The number of amides is 1. The molecule has 0 spiro atoms. The number of hydrogen-bond acceptors (Lipinski definition) is 3. The van der Waals surface area contributed by atoms with Crippen molar-refractivity contribution in [2.75, 3.05) is 26.3 Å². The lowest BCUT2D eigenvalue weighted by molar-refractivity contribution is -0.173. The molecule has 176 valence electrons. The van der Waals surface area contributed by atoms with E-state index in [9.17, 15) is 13.6 Å². The van der Waals surface area contributed by atoms with E-state index >= 15 is 0 Å². The van der Waals surface area contributed by atoms with Crippen LogP contribution in [0, 0.1) is 16.7 Å². The molecular weight excluding hydrogens is 410 g/mol. The SMILES string of the molecule is CCOC[C@@]12CC3(C(=O)NC4CCNCC4(F)F)CCC1CC[C@](c1ccccc1)(C3)C2. The Morgan fingerprint density at radius 1 is 1.12 bits per heavy atom. The molecule has 1 saturated heterocycles. The van der Waals surface area contributed by atoms with Gasteiger partial charge in [0.25, 0.3) is 5.92 Å². The standard InChI is InChI=1S/C26H36F2N2O2/c1-2-32-18-25-15-23(19-6-4-3-5-7-19)11-8-20(25)9-12-24(14-23,16-25)22(31)30-21-10-13-29-17-26(21,27)28/h3-7,20-21,29H,2,8-18H2,1H3,(H,30,31)/t20?,21?,23-,24?,25+/m0/s1. The lowest BCUT2D eigenvalue weighted by atomic mass is 9.39. The Kier molecular flexibility index (Phi) is 5.60. The van der Waals surface area contributed by atoms with Crippen molar-refractivity contribution in [2.45, 2.75) is 75.7 Å². The highest BCUT2D eigenvalue weighted by atomic mass is 19.3. The van der Waals surface area contributed by atoms with Gasteiger partial charge in [-0.3, -0.25) is 4.79 Å². The third kappa shape index (κ3) is 3.58. The smallest absolute Gasteiger partial charge is 0.280 e.